The van der Waals surface area contributed by atoms with Crippen molar-refractivity contribution < 1.29 is 14.0 Å². The van der Waals surface area contributed by atoms with E-state index in [0.717, 1.165) is 24.2 Å². The molecule has 1 saturated carbocycles. The lowest BCUT2D eigenvalue weighted by molar-refractivity contribution is -0.132. The van der Waals surface area contributed by atoms with Crippen molar-refractivity contribution in [3.8, 4) is 0 Å². The molecule has 0 atom stereocenters. The van der Waals surface area contributed by atoms with Crippen LogP contribution in [0.25, 0.3) is 0 Å². The Morgan fingerprint density at radius 1 is 1.15 bits per heavy atom. The van der Waals surface area contributed by atoms with Crippen molar-refractivity contribution in [1.82, 2.24) is 10.2 Å². The van der Waals surface area contributed by atoms with Gasteiger partial charge in [0.05, 0.1) is 6.54 Å². The lowest BCUT2D eigenvalue weighted by atomic mass is 9.82. The van der Waals surface area contributed by atoms with Gasteiger partial charge in [0, 0.05) is 5.56 Å². The topological polar surface area (TPSA) is 49.4 Å². The van der Waals surface area contributed by atoms with Gasteiger partial charge in [0.1, 0.15) is 11.4 Å². The Labute approximate surface area is 117 Å². The quantitative estimate of drug-likeness (QED) is 0.844. The third-order valence-electron chi connectivity index (χ3n) is 4.24. The summed E-state index contributed by atoms with van der Waals surface area (Å²) >= 11 is 0. The van der Waals surface area contributed by atoms with E-state index in [-0.39, 0.29) is 12.5 Å². The molecule has 1 aliphatic carbocycles. The van der Waals surface area contributed by atoms with E-state index in [1.54, 1.807) is 18.2 Å². The first-order valence-corrected chi connectivity index (χ1v) is 7.00. The standard InChI is InChI=1S/C15H17FN2O2/c16-12-7-3-2-6-11(12)10-18-13(19)15(17-14(18)20)8-4-1-5-9-15/h2-3,6-7H,1,4-5,8-10H2,(H,17,20). The molecule has 1 aromatic carbocycles. The minimum atomic E-state index is -0.736. The maximum absolute atomic E-state index is 13.7. The number of rotatable bonds is 2. The Hall–Kier alpha value is -1.91. The SMILES string of the molecule is O=C1NC2(CCCCC2)C(=O)N1Cc1ccccc1F. The number of benzene rings is 1. The van der Waals surface area contributed by atoms with E-state index in [1.807, 2.05) is 0 Å². The number of hydrogen-bond acceptors (Lipinski definition) is 2. The fourth-order valence-electron chi connectivity index (χ4n) is 3.11. The van der Waals surface area contributed by atoms with Gasteiger partial charge in [0.15, 0.2) is 0 Å². The Kier molecular flexibility index (Phi) is 3.20. The molecule has 1 aliphatic heterocycles. The fourth-order valence-corrected chi connectivity index (χ4v) is 3.11. The van der Waals surface area contributed by atoms with Gasteiger partial charge in [-0.05, 0) is 18.9 Å². The maximum Gasteiger partial charge on any atom is 0.325 e. The van der Waals surface area contributed by atoms with Crippen LogP contribution in [0.5, 0.6) is 0 Å². The smallest absolute Gasteiger partial charge is 0.323 e. The second kappa shape index (κ2) is 4.89. The minimum Gasteiger partial charge on any atom is -0.323 e. The second-order valence-electron chi connectivity index (χ2n) is 5.56. The highest BCUT2D eigenvalue weighted by Crippen LogP contribution is 2.34. The van der Waals surface area contributed by atoms with E-state index in [1.165, 1.54) is 6.07 Å². The van der Waals surface area contributed by atoms with Crippen LogP contribution in [-0.4, -0.2) is 22.4 Å². The van der Waals surface area contributed by atoms with Crippen LogP contribution >= 0.6 is 0 Å². The van der Waals surface area contributed by atoms with Gasteiger partial charge < -0.3 is 5.32 Å². The van der Waals surface area contributed by atoms with E-state index >= 15 is 0 Å². The third kappa shape index (κ3) is 2.07. The normalized spacial score (nSPS) is 21.4. The number of nitrogens with one attached hydrogen (secondary N) is 1. The molecule has 106 valence electrons. The summed E-state index contributed by atoms with van der Waals surface area (Å²) in [5.41, 5.74) is -0.371. The van der Waals surface area contributed by atoms with Gasteiger partial charge in [-0.15, -0.1) is 0 Å². The number of urea groups is 1. The molecule has 1 spiro atoms. The van der Waals surface area contributed by atoms with Crippen LogP contribution in [0.15, 0.2) is 24.3 Å². The lowest BCUT2D eigenvalue weighted by Crippen LogP contribution is -2.48. The molecule has 0 bridgehead atoms. The van der Waals surface area contributed by atoms with Gasteiger partial charge in [-0.2, -0.15) is 0 Å². The number of carbonyl (C=O) groups is 2. The molecule has 1 saturated heterocycles. The van der Waals surface area contributed by atoms with Gasteiger partial charge >= 0.3 is 6.03 Å². The van der Waals surface area contributed by atoms with Crippen LogP contribution in [0.4, 0.5) is 9.18 Å². The van der Waals surface area contributed by atoms with Gasteiger partial charge in [0.2, 0.25) is 0 Å². The molecule has 1 heterocycles. The first-order chi connectivity index (χ1) is 9.62. The predicted octanol–water partition coefficient (Wildman–Crippen LogP) is 2.58. The van der Waals surface area contributed by atoms with Gasteiger partial charge in [-0.25, -0.2) is 9.18 Å². The molecule has 0 radical (unpaired) electrons. The van der Waals surface area contributed by atoms with Crippen molar-refractivity contribution in [3.63, 3.8) is 0 Å². The van der Waals surface area contributed by atoms with Crippen molar-refractivity contribution in [3.05, 3.63) is 35.6 Å². The molecule has 5 heteroatoms. The fraction of sp³-hybridized carbons (Fsp3) is 0.467. The minimum absolute atomic E-state index is 0.000903. The zero-order valence-corrected chi connectivity index (χ0v) is 11.2. The predicted molar refractivity (Wildman–Crippen MR) is 71.3 cm³/mol. The highest BCUT2D eigenvalue weighted by molar-refractivity contribution is 6.07. The number of amides is 3. The van der Waals surface area contributed by atoms with E-state index in [4.69, 9.17) is 0 Å². The van der Waals surface area contributed by atoms with Crippen LogP contribution in [0.3, 0.4) is 0 Å². The number of nitrogens with zero attached hydrogens (tertiary/aromatic N) is 1. The summed E-state index contributed by atoms with van der Waals surface area (Å²) in [4.78, 5) is 25.7. The van der Waals surface area contributed by atoms with E-state index in [0.29, 0.717) is 18.4 Å². The van der Waals surface area contributed by atoms with Crippen LogP contribution in [0, 0.1) is 5.82 Å². The zero-order chi connectivity index (χ0) is 14.2. The lowest BCUT2D eigenvalue weighted by Gasteiger charge is -2.30. The van der Waals surface area contributed by atoms with Crippen molar-refractivity contribution >= 4 is 11.9 Å². The maximum atomic E-state index is 13.7. The van der Waals surface area contributed by atoms with Crippen molar-refractivity contribution in [2.45, 2.75) is 44.2 Å². The summed E-state index contributed by atoms with van der Waals surface area (Å²) in [5.74, 6) is -0.594. The Balaban J connectivity index is 1.82. The molecule has 3 amide bonds. The summed E-state index contributed by atoms with van der Waals surface area (Å²) in [6.45, 7) is -0.000903. The first kappa shape index (κ1) is 13.1. The molecule has 20 heavy (non-hydrogen) atoms. The summed E-state index contributed by atoms with van der Waals surface area (Å²) < 4.78 is 13.7. The molecular formula is C15H17FN2O2. The number of carbonyl (C=O) groups excluding carboxylic acids is 2. The molecular weight excluding hydrogens is 259 g/mol. The van der Waals surface area contributed by atoms with E-state index in [9.17, 15) is 14.0 Å². The highest BCUT2D eigenvalue weighted by Gasteiger charge is 2.51. The zero-order valence-electron chi connectivity index (χ0n) is 11.2. The summed E-state index contributed by atoms with van der Waals surface area (Å²) in [6, 6.07) is 5.83. The molecule has 1 N–H and O–H groups in total. The largest absolute Gasteiger partial charge is 0.325 e. The molecule has 2 fully saturated rings. The summed E-state index contributed by atoms with van der Waals surface area (Å²) in [7, 11) is 0. The molecule has 0 unspecified atom stereocenters. The van der Waals surface area contributed by atoms with Crippen molar-refractivity contribution in [1.29, 1.82) is 0 Å². The van der Waals surface area contributed by atoms with Crippen LogP contribution in [0.1, 0.15) is 37.7 Å². The van der Waals surface area contributed by atoms with E-state index < -0.39 is 17.4 Å². The highest BCUT2D eigenvalue weighted by atomic mass is 19.1. The number of hydrogen-bond donors (Lipinski definition) is 1. The Morgan fingerprint density at radius 3 is 2.55 bits per heavy atom. The average molecular weight is 276 g/mol. The molecule has 1 aromatic rings. The van der Waals surface area contributed by atoms with Crippen LogP contribution in [0.2, 0.25) is 0 Å². The Bertz CT molecular complexity index is 553. The Morgan fingerprint density at radius 2 is 1.85 bits per heavy atom. The number of imide groups is 1. The van der Waals surface area contributed by atoms with Crippen LogP contribution in [-0.2, 0) is 11.3 Å². The molecule has 0 aromatic heterocycles. The third-order valence-corrected chi connectivity index (χ3v) is 4.24. The molecule has 3 rings (SSSR count). The summed E-state index contributed by atoms with van der Waals surface area (Å²) in [5, 5.41) is 2.82. The van der Waals surface area contributed by atoms with Gasteiger partial charge in [-0.1, -0.05) is 37.5 Å². The van der Waals surface area contributed by atoms with Crippen molar-refractivity contribution in [2.75, 3.05) is 0 Å². The average Bonchev–Trinajstić information content (AvgIpc) is 2.66. The van der Waals surface area contributed by atoms with Crippen molar-refractivity contribution in [2.24, 2.45) is 0 Å². The first-order valence-electron chi connectivity index (χ1n) is 7.00. The second-order valence-corrected chi connectivity index (χ2v) is 5.56. The van der Waals surface area contributed by atoms with Crippen LogP contribution < -0.4 is 5.32 Å². The van der Waals surface area contributed by atoms with Gasteiger partial charge in [0.25, 0.3) is 5.91 Å². The summed E-state index contributed by atoms with van der Waals surface area (Å²) in [6.07, 6.45) is 4.36. The number of halogens is 1. The molecule has 4 nitrogen and oxygen atoms in total. The molecule has 2 aliphatic rings. The monoisotopic (exact) mass is 276 g/mol. The van der Waals surface area contributed by atoms with E-state index in [2.05, 4.69) is 5.32 Å². The van der Waals surface area contributed by atoms with Gasteiger partial charge in [-0.3, -0.25) is 9.69 Å².